The Hall–Kier alpha value is -2.73. The highest BCUT2D eigenvalue weighted by Gasteiger charge is 2.12. The van der Waals surface area contributed by atoms with Crippen LogP contribution >= 0.6 is 0 Å². The van der Waals surface area contributed by atoms with Crippen LogP contribution in [0.25, 0.3) is 22.8 Å². The van der Waals surface area contributed by atoms with Gasteiger partial charge in [-0.3, -0.25) is 0 Å². The summed E-state index contributed by atoms with van der Waals surface area (Å²) >= 11 is 0. The second kappa shape index (κ2) is 7.23. The number of aryl methyl sites for hydroxylation is 1. The van der Waals surface area contributed by atoms with Crippen molar-refractivity contribution in [3.8, 4) is 28.6 Å². The predicted octanol–water partition coefficient (Wildman–Crippen LogP) is 3.55. The predicted molar refractivity (Wildman–Crippen MR) is 87.3 cm³/mol. The minimum atomic E-state index is -0.525. The molecule has 0 fully saturated rings. The third-order valence-electron chi connectivity index (χ3n) is 3.58. The molecule has 3 aromatic rings. The molecule has 1 heterocycles. The fourth-order valence-corrected chi connectivity index (χ4v) is 2.31. The maximum absolute atomic E-state index is 12.2. The zero-order valence-electron chi connectivity index (χ0n) is 13.2. The van der Waals surface area contributed by atoms with Gasteiger partial charge in [0.25, 0.3) is 5.89 Å². The number of aliphatic hydroxyl groups is 1. The van der Waals surface area contributed by atoms with Crippen LogP contribution in [0.2, 0.25) is 0 Å². The third kappa shape index (κ3) is 3.44. The van der Waals surface area contributed by atoms with E-state index in [4.69, 9.17) is 14.4 Å². The average Bonchev–Trinajstić information content (AvgIpc) is 3.11. The van der Waals surface area contributed by atoms with E-state index in [-0.39, 0.29) is 13.2 Å². The molecule has 5 nitrogen and oxygen atoms in total. The summed E-state index contributed by atoms with van der Waals surface area (Å²) in [5, 5.41) is 13.1. The van der Waals surface area contributed by atoms with Crippen molar-refractivity contribution in [1.82, 2.24) is 10.1 Å². The van der Waals surface area contributed by atoms with Crippen molar-refractivity contribution in [2.45, 2.75) is 13.5 Å². The van der Waals surface area contributed by atoms with Crippen molar-refractivity contribution in [2.24, 2.45) is 0 Å². The Labute approximate surface area is 138 Å². The highest BCUT2D eigenvalue weighted by molar-refractivity contribution is 5.61. The molecule has 0 aliphatic rings. The number of aromatic nitrogens is 2. The molecule has 0 aliphatic carbocycles. The monoisotopic (exact) mass is 328 g/mol. The van der Waals surface area contributed by atoms with Crippen molar-refractivity contribution in [3.63, 3.8) is 0 Å². The van der Waals surface area contributed by atoms with Crippen molar-refractivity contribution < 1.29 is 18.8 Å². The second-order valence-electron chi connectivity index (χ2n) is 5.30. The molecule has 0 amide bonds. The van der Waals surface area contributed by atoms with Gasteiger partial charge >= 0.3 is 0 Å². The van der Waals surface area contributed by atoms with Gasteiger partial charge in [0.15, 0.2) is 0 Å². The first-order chi connectivity index (χ1) is 11.7. The molecule has 3 rings (SSSR count). The summed E-state index contributed by atoms with van der Waals surface area (Å²) in [6, 6.07) is 12.7. The van der Waals surface area contributed by atoms with Crippen LogP contribution in [-0.2, 0) is 6.61 Å². The summed E-state index contributed by atoms with van der Waals surface area (Å²) < 4.78 is 22.8. The van der Waals surface area contributed by atoms with Gasteiger partial charge in [0.2, 0.25) is 5.82 Å². The van der Waals surface area contributed by atoms with Gasteiger partial charge in [-0.25, -0.2) is 4.39 Å². The number of hydrogen-bond donors (Lipinski definition) is 1. The van der Waals surface area contributed by atoms with E-state index in [2.05, 4.69) is 10.1 Å². The maximum Gasteiger partial charge on any atom is 0.258 e. The van der Waals surface area contributed by atoms with Crippen LogP contribution < -0.4 is 4.74 Å². The largest absolute Gasteiger partial charge is 0.491 e. The zero-order chi connectivity index (χ0) is 16.9. The van der Waals surface area contributed by atoms with Crippen molar-refractivity contribution in [3.05, 3.63) is 53.6 Å². The molecule has 24 heavy (non-hydrogen) atoms. The average molecular weight is 328 g/mol. The summed E-state index contributed by atoms with van der Waals surface area (Å²) in [5.41, 5.74) is 3.27. The number of alkyl halides is 1. The van der Waals surface area contributed by atoms with E-state index in [9.17, 15) is 4.39 Å². The Bertz CT molecular complexity index is 815. The minimum Gasteiger partial charge on any atom is -0.491 e. The molecule has 0 atom stereocenters. The van der Waals surface area contributed by atoms with Crippen LogP contribution in [0.15, 0.2) is 47.0 Å². The number of hydrogen-bond acceptors (Lipinski definition) is 5. The number of ether oxygens (including phenoxy) is 1. The number of aliphatic hydroxyl groups excluding tert-OH is 1. The minimum absolute atomic E-state index is 0.00607. The Kier molecular flexibility index (Phi) is 4.86. The second-order valence-corrected chi connectivity index (χ2v) is 5.30. The van der Waals surface area contributed by atoms with Crippen LogP contribution in [0.4, 0.5) is 4.39 Å². The van der Waals surface area contributed by atoms with Crippen LogP contribution in [0.3, 0.4) is 0 Å². The van der Waals surface area contributed by atoms with E-state index >= 15 is 0 Å². The summed E-state index contributed by atoms with van der Waals surface area (Å²) in [5.74, 6) is 1.51. The molecule has 0 radical (unpaired) electrons. The summed E-state index contributed by atoms with van der Waals surface area (Å²) in [4.78, 5) is 4.40. The molecule has 1 aromatic heterocycles. The summed E-state index contributed by atoms with van der Waals surface area (Å²) in [6.45, 7) is 1.38. The van der Waals surface area contributed by atoms with Crippen LogP contribution in [0.1, 0.15) is 11.1 Å². The fourth-order valence-electron chi connectivity index (χ4n) is 2.31. The van der Waals surface area contributed by atoms with Gasteiger partial charge in [0.1, 0.15) is 19.0 Å². The van der Waals surface area contributed by atoms with Gasteiger partial charge in [0, 0.05) is 11.1 Å². The van der Waals surface area contributed by atoms with Crippen molar-refractivity contribution in [1.29, 1.82) is 0 Å². The van der Waals surface area contributed by atoms with Gasteiger partial charge in [-0.15, -0.1) is 0 Å². The first-order valence-electron chi connectivity index (χ1n) is 7.55. The number of halogens is 1. The number of rotatable bonds is 6. The molecule has 0 saturated carbocycles. The fraction of sp³-hybridized carbons (Fsp3) is 0.222. The van der Waals surface area contributed by atoms with Crippen molar-refractivity contribution in [2.75, 3.05) is 13.3 Å². The lowest BCUT2D eigenvalue weighted by Crippen LogP contribution is -2.00. The molecular weight excluding hydrogens is 311 g/mol. The van der Waals surface area contributed by atoms with E-state index in [0.717, 1.165) is 22.3 Å². The molecule has 0 saturated heterocycles. The van der Waals surface area contributed by atoms with Crippen LogP contribution in [0.5, 0.6) is 5.75 Å². The first kappa shape index (κ1) is 16.1. The van der Waals surface area contributed by atoms with Crippen LogP contribution in [-0.4, -0.2) is 28.5 Å². The lowest BCUT2D eigenvalue weighted by molar-refractivity contribution is 0.272. The molecule has 2 aromatic carbocycles. The summed E-state index contributed by atoms with van der Waals surface area (Å²) in [7, 11) is 0. The lowest BCUT2D eigenvalue weighted by Gasteiger charge is -2.07. The molecule has 0 aliphatic heterocycles. The lowest BCUT2D eigenvalue weighted by atomic mass is 10.1. The highest BCUT2D eigenvalue weighted by Crippen LogP contribution is 2.27. The van der Waals surface area contributed by atoms with Gasteiger partial charge < -0.3 is 14.4 Å². The molecule has 0 unspecified atom stereocenters. The zero-order valence-corrected chi connectivity index (χ0v) is 13.2. The molecule has 0 spiro atoms. The normalized spacial score (nSPS) is 10.8. The molecular formula is C18H17FN2O3. The first-order valence-corrected chi connectivity index (χ1v) is 7.55. The number of nitrogens with zero attached hydrogens (tertiary/aromatic N) is 2. The third-order valence-corrected chi connectivity index (χ3v) is 3.58. The van der Waals surface area contributed by atoms with E-state index in [1.54, 1.807) is 12.1 Å². The van der Waals surface area contributed by atoms with Gasteiger partial charge in [-0.05, 0) is 36.2 Å². The topological polar surface area (TPSA) is 68.4 Å². The quantitative estimate of drug-likeness (QED) is 0.749. The maximum atomic E-state index is 12.2. The Morgan fingerprint density at radius 2 is 1.88 bits per heavy atom. The standard InChI is InChI=1S/C18H17FN2O3/c1-12-10-15(6-7-16(12)23-9-8-19)18-20-17(21-24-18)14-4-2-13(11-22)3-5-14/h2-7,10,22H,8-9,11H2,1H3. The van der Waals surface area contributed by atoms with Gasteiger partial charge in [-0.1, -0.05) is 29.4 Å². The van der Waals surface area contributed by atoms with E-state index in [1.807, 2.05) is 37.3 Å². The van der Waals surface area contributed by atoms with Gasteiger partial charge in [0.05, 0.1) is 6.61 Å². The summed E-state index contributed by atoms with van der Waals surface area (Å²) in [6.07, 6.45) is 0. The van der Waals surface area contributed by atoms with E-state index < -0.39 is 6.67 Å². The Balaban J connectivity index is 1.83. The molecule has 0 bridgehead atoms. The van der Waals surface area contributed by atoms with Gasteiger partial charge in [-0.2, -0.15) is 4.98 Å². The molecule has 124 valence electrons. The molecule has 6 heteroatoms. The highest BCUT2D eigenvalue weighted by atomic mass is 19.1. The smallest absolute Gasteiger partial charge is 0.258 e. The molecule has 1 N–H and O–H groups in total. The Morgan fingerprint density at radius 1 is 1.12 bits per heavy atom. The van der Waals surface area contributed by atoms with E-state index in [0.29, 0.717) is 17.5 Å². The van der Waals surface area contributed by atoms with Crippen molar-refractivity contribution >= 4 is 0 Å². The van der Waals surface area contributed by atoms with Crippen LogP contribution in [0, 0.1) is 6.92 Å². The number of benzene rings is 2. The van der Waals surface area contributed by atoms with E-state index in [1.165, 1.54) is 0 Å². The SMILES string of the molecule is Cc1cc(-c2nc(-c3ccc(CO)cc3)no2)ccc1OCCF. The Morgan fingerprint density at radius 3 is 2.54 bits per heavy atom.